The van der Waals surface area contributed by atoms with E-state index in [1.165, 1.54) is 6.42 Å². The molecule has 3 aliphatic heterocycles. The first-order chi connectivity index (χ1) is 14.9. The van der Waals surface area contributed by atoms with Crippen LogP contribution in [0.25, 0.3) is 0 Å². The minimum Gasteiger partial charge on any atom is -0.342 e. The first kappa shape index (κ1) is 22.3. The number of hydrogen-bond donors (Lipinski definition) is 0. The van der Waals surface area contributed by atoms with Gasteiger partial charge in [0.15, 0.2) is 0 Å². The maximum absolute atomic E-state index is 13.1. The Kier molecular flexibility index (Phi) is 6.96. The number of carbonyl (C=O) groups excluding carboxylic acids is 3. The van der Waals surface area contributed by atoms with Crippen LogP contribution in [-0.4, -0.2) is 84.8 Å². The van der Waals surface area contributed by atoms with Crippen LogP contribution in [0.3, 0.4) is 0 Å². The minimum atomic E-state index is -0.294. The lowest BCUT2D eigenvalue weighted by atomic mass is 10.1. The molecule has 0 spiro atoms. The van der Waals surface area contributed by atoms with E-state index >= 15 is 0 Å². The number of rotatable bonds is 4. The van der Waals surface area contributed by atoms with Crippen LogP contribution in [-0.2, 0) is 14.4 Å². The van der Waals surface area contributed by atoms with Crippen molar-refractivity contribution in [3.8, 4) is 0 Å². The highest BCUT2D eigenvalue weighted by Crippen LogP contribution is 2.29. The molecule has 1 aromatic rings. The third-order valence-corrected chi connectivity index (χ3v) is 7.57. The van der Waals surface area contributed by atoms with E-state index in [9.17, 15) is 14.4 Å². The Labute approximate surface area is 192 Å². The van der Waals surface area contributed by atoms with E-state index in [0.29, 0.717) is 39.3 Å². The number of likely N-dealkylation sites (tertiary alicyclic amines) is 1. The molecular weight excluding hydrogens is 460 g/mol. The lowest BCUT2D eigenvalue weighted by Crippen LogP contribution is -2.53. The molecule has 1 unspecified atom stereocenters. The van der Waals surface area contributed by atoms with Crippen molar-refractivity contribution < 1.29 is 14.4 Å². The molecule has 168 valence electrons. The Bertz CT molecular complexity index is 847. The molecule has 0 aliphatic carbocycles. The summed E-state index contributed by atoms with van der Waals surface area (Å²) < 4.78 is 1.01. The van der Waals surface area contributed by atoms with E-state index in [-0.39, 0.29) is 30.1 Å². The third-order valence-electron chi connectivity index (χ3n) is 6.68. The van der Waals surface area contributed by atoms with Crippen LogP contribution in [0.1, 0.15) is 31.2 Å². The highest BCUT2D eigenvalue weighted by atomic mass is 79.9. The van der Waals surface area contributed by atoms with Gasteiger partial charge in [-0.2, -0.15) is 0 Å². The lowest BCUT2D eigenvalue weighted by molar-refractivity contribution is -0.138. The molecule has 1 aromatic carbocycles. The molecule has 4 rings (SSSR count). The molecule has 0 radical (unpaired) electrons. The zero-order chi connectivity index (χ0) is 22.0. The van der Waals surface area contributed by atoms with Gasteiger partial charge in [-0.25, -0.2) is 0 Å². The van der Waals surface area contributed by atoms with Gasteiger partial charge in [-0.05, 0) is 49.9 Å². The van der Waals surface area contributed by atoms with Crippen LogP contribution in [0.5, 0.6) is 0 Å². The van der Waals surface area contributed by atoms with Crippen LogP contribution < -0.4 is 4.90 Å². The summed E-state index contributed by atoms with van der Waals surface area (Å²) in [6.07, 6.45) is 3.69. The summed E-state index contributed by atoms with van der Waals surface area (Å²) in [6.45, 7) is 7.29. The van der Waals surface area contributed by atoms with E-state index in [0.717, 1.165) is 41.7 Å². The summed E-state index contributed by atoms with van der Waals surface area (Å²) in [4.78, 5) is 45.9. The molecule has 0 bridgehead atoms. The maximum Gasteiger partial charge on any atom is 0.236 e. The van der Waals surface area contributed by atoms with E-state index < -0.39 is 0 Å². The van der Waals surface area contributed by atoms with Gasteiger partial charge in [0.2, 0.25) is 17.7 Å². The van der Waals surface area contributed by atoms with Gasteiger partial charge in [0.25, 0.3) is 0 Å². The van der Waals surface area contributed by atoms with E-state index in [2.05, 4.69) is 20.8 Å². The summed E-state index contributed by atoms with van der Waals surface area (Å²) in [5, 5.41) is 0. The summed E-state index contributed by atoms with van der Waals surface area (Å²) >= 11 is 3.49. The molecule has 8 heteroatoms. The number of amides is 3. The van der Waals surface area contributed by atoms with Gasteiger partial charge < -0.3 is 14.7 Å². The quantitative estimate of drug-likeness (QED) is 0.649. The molecule has 3 amide bonds. The predicted octanol–water partition coefficient (Wildman–Crippen LogP) is 2.27. The number of hydrogen-bond acceptors (Lipinski definition) is 4. The van der Waals surface area contributed by atoms with Crippen molar-refractivity contribution in [1.82, 2.24) is 14.7 Å². The molecule has 3 heterocycles. The van der Waals surface area contributed by atoms with Crippen molar-refractivity contribution in [1.29, 1.82) is 0 Å². The Balaban J connectivity index is 1.28. The van der Waals surface area contributed by atoms with Crippen molar-refractivity contribution in [2.24, 2.45) is 5.92 Å². The molecular formula is C23H31BrN4O3. The molecule has 3 saturated heterocycles. The van der Waals surface area contributed by atoms with Crippen LogP contribution in [0.4, 0.5) is 5.69 Å². The number of benzene rings is 1. The van der Waals surface area contributed by atoms with Crippen molar-refractivity contribution in [2.45, 2.75) is 32.6 Å². The number of aryl methyl sites for hydroxylation is 1. The molecule has 3 fully saturated rings. The van der Waals surface area contributed by atoms with Crippen molar-refractivity contribution in [2.75, 3.05) is 57.3 Å². The van der Waals surface area contributed by atoms with Gasteiger partial charge in [0.05, 0.1) is 12.5 Å². The topological polar surface area (TPSA) is 64.2 Å². The summed E-state index contributed by atoms with van der Waals surface area (Å²) in [5.74, 6) is -0.0168. The monoisotopic (exact) mass is 490 g/mol. The zero-order valence-electron chi connectivity index (χ0n) is 18.2. The smallest absolute Gasteiger partial charge is 0.236 e. The van der Waals surface area contributed by atoms with Gasteiger partial charge >= 0.3 is 0 Å². The summed E-state index contributed by atoms with van der Waals surface area (Å²) in [6, 6.07) is 5.84. The van der Waals surface area contributed by atoms with Gasteiger partial charge in [-0.15, -0.1) is 0 Å². The number of halogens is 1. The molecule has 7 nitrogen and oxygen atoms in total. The van der Waals surface area contributed by atoms with E-state index in [1.807, 2.05) is 34.9 Å². The molecule has 0 N–H and O–H groups in total. The highest BCUT2D eigenvalue weighted by molar-refractivity contribution is 9.10. The lowest BCUT2D eigenvalue weighted by Gasteiger charge is -2.37. The second kappa shape index (κ2) is 9.69. The standard InChI is InChI=1S/C23H31BrN4O3/c1-17-13-19(5-6-20(17)24)28-15-18(14-21(28)29)23(31)27-11-9-25(10-12-27)16-22(30)26-7-3-2-4-8-26/h5-6,13,18H,2-4,7-12,14-16H2,1H3. The number of carbonyl (C=O) groups is 3. The highest BCUT2D eigenvalue weighted by Gasteiger charge is 2.38. The molecule has 0 aromatic heterocycles. The van der Waals surface area contributed by atoms with Crippen molar-refractivity contribution in [3.05, 3.63) is 28.2 Å². The van der Waals surface area contributed by atoms with Gasteiger partial charge in [-0.1, -0.05) is 15.9 Å². The van der Waals surface area contributed by atoms with E-state index in [1.54, 1.807) is 4.90 Å². The minimum absolute atomic E-state index is 0.00540. The van der Waals surface area contributed by atoms with Crippen LogP contribution in [0.2, 0.25) is 0 Å². The Morgan fingerprint density at radius 3 is 2.39 bits per heavy atom. The maximum atomic E-state index is 13.1. The molecule has 0 saturated carbocycles. The fourth-order valence-electron chi connectivity index (χ4n) is 4.74. The summed E-state index contributed by atoms with van der Waals surface area (Å²) in [7, 11) is 0. The van der Waals surface area contributed by atoms with Gasteiger partial charge in [-0.3, -0.25) is 19.3 Å². The first-order valence-corrected chi connectivity index (χ1v) is 12.1. The molecule has 1 atom stereocenters. The average molecular weight is 491 g/mol. The Hall–Kier alpha value is -1.93. The zero-order valence-corrected chi connectivity index (χ0v) is 19.8. The fourth-order valence-corrected chi connectivity index (χ4v) is 4.99. The predicted molar refractivity (Wildman–Crippen MR) is 123 cm³/mol. The first-order valence-electron chi connectivity index (χ1n) is 11.3. The van der Waals surface area contributed by atoms with Crippen molar-refractivity contribution in [3.63, 3.8) is 0 Å². The largest absolute Gasteiger partial charge is 0.342 e. The van der Waals surface area contributed by atoms with Crippen LogP contribution in [0.15, 0.2) is 22.7 Å². The average Bonchev–Trinajstić information content (AvgIpc) is 3.18. The van der Waals surface area contributed by atoms with Crippen LogP contribution >= 0.6 is 15.9 Å². The number of anilines is 1. The fraction of sp³-hybridized carbons (Fsp3) is 0.609. The number of piperazine rings is 1. The Morgan fingerprint density at radius 2 is 1.71 bits per heavy atom. The summed E-state index contributed by atoms with van der Waals surface area (Å²) in [5.41, 5.74) is 1.91. The normalized spacial score (nSPS) is 22.8. The second-order valence-electron chi connectivity index (χ2n) is 8.88. The third kappa shape index (κ3) is 5.12. The Morgan fingerprint density at radius 1 is 1.00 bits per heavy atom. The molecule has 31 heavy (non-hydrogen) atoms. The second-order valence-corrected chi connectivity index (χ2v) is 9.74. The number of nitrogens with zero attached hydrogens (tertiary/aromatic N) is 4. The van der Waals surface area contributed by atoms with Gasteiger partial charge in [0, 0.05) is 62.4 Å². The number of piperidine rings is 1. The van der Waals surface area contributed by atoms with Gasteiger partial charge in [0.1, 0.15) is 0 Å². The SMILES string of the molecule is Cc1cc(N2CC(C(=O)N3CCN(CC(=O)N4CCCCC4)CC3)CC2=O)ccc1Br. The van der Waals surface area contributed by atoms with Crippen LogP contribution in [0, 0.1) is 12.8 Å². The van der Waals surface area contributed by atoms with Crippen molar-refractivity contribution >= 4 is 39.3 Å². The molecule has 3 aliphatic rings. The van der Waals surface area contributed by atoms with E-state index in [4.69, 9.17) is 0 Å².